The van der Waals surface area contributed by atoms with Crippen molar-refractivity contribution in [3.63, 3.8) is 0 Å². The lowest BCUT2D eigenvalue weighted by atomic mass is 10.1. The monoisotopic (exact) mass is 290 g/mol. The standard InChI is InChI=1S/C10H12F6N2O/c1-8(2,3)18-7(10(14,15)16)5(19-4)6(17-18)9(11,12)13/h1-4H3. The Kier molecular flexibility index (Phi) is 3.55. The molecule has 0 saturated heterocycles. The molecule has 0 radical (unpaired) electrons. The fourth-order valence-electron chi connectivity index (χ4n) is 1.52. The summed E-state index contributed by atoms with van der Waals surface area (Å²) in [6.07, 6.45) is -10.0. The van der Waals surface area contributed by atoms with E-state index in [9.17, 15) is 26.3 Å². The lowest BCUT2D eigenvalue weighted by Crippen LogP contribution is -2.29. The molecule has 9 heteroatoms. The Labute approximate surface area is 105 Å². The maximum atomic E-state index is 12.9. The van der Waals surface area contributed by atoms with Gasteiger partial charge in [-0.1, -0.05) is 0 Å². The predicted molar refractivity (Wildman–Crippen MR) is 53.8 cm³/mol. The maximum absolute atomic E-state index is 12.9. The van der Waals surface area contributed by atoms with Crippen LogP contribution < -0.4 is 4.74 Å². The molecule has 0 aliphatic rings. The lowest BCUT2D eigenvalue weighted by molar-refractivity contribution is -0.147. The number of ether oxygens (including phenoxy) is 1. The Morgan fingerprint density at radius 3 is 1.68 bits per heavy atom. The summed E-state index contributed by atoms with van der Waals surface area (Å²) in [5, 5.41) is 3.04. The zero-order valence-corrected chi connectivity index (χ0v) is 10.6. The summed E-state index contributed by atoms with van der Waals surface area (Å²) >= 11 is 0. The number of rotatable bonds is 1. The van der Waals surface area contributed by atoms with Crippen LogP contribution in [0.3, 0.4) is 0 Å². The summed E-state index contributed by atoms with van der Waals surface area (Å²) < 4.78 is 81.4. The van der Waals surface area contributed by atoms with Crippen LogP contribution in [0.15, 0.2) is 0 Å². The third-order valence-electron chi connectivity index (χ3n) is 2.22. The maximum Gasteiger partial charge on any atom is 0.438 e. The largest absolute Gasteiger partial charge is 0.492 e. The molecular formula is C10H12F6N2O. The van der Waals surface area contributed by atoms with Crippen molar-refractivity contribution in [3.8, 4) is 5.75 Å². The topological polar surface area (TPSA) is 27.1 Å². The Morgan fingerprint density at radius 2 is 1.42 bits per heavy atom. The molecule has 1 heterocycles. The van der Waals surface area contributed by atoms with E-state index in [2.05, 4.69) is 9.84 Å². The van der Waals surface area contributed by atoms with E-state index in [1.54, 1.807) is 0 Å². The van der Waals surface area contributed by atoms with Gasteiger partial charge in [0.05, 0.1) is 12.6 Å². The van der Waals surface area contributed by atoms with E-state index in [0.717, 1.165) is 7.11 Å². The van der Waals surface area contributed by atoms with Gasteiger partial charge in [-0.25, -0.2) is 0 Å². The first kappa shape index (κ1) is 15.6. The molecule has 0 aliphatic heterocycles. The highest BCUT2D eigenvalue weighted by molar-refractivity contribution is 5.38. The van der Waals surface area contributed by atoms with Gasteiger partial charge in [-0.2, -0.15) is 31.4 Å². The first-order chi connectivity index (χ1) is 8.30. The second-order valence-corrected chi connectivity index (χ2v) is 4.81. The number of alkyl halides is 6. The van der Waals surface area contributed by atoms with E-state index in [0.29, 0.717) is 0 Å². The van der Waals surface area contributed by atoms with Crippen LogP contribution in [-0.4, -0.2) is 16.9 Å². The van der Waals surface area contributed by atoms with Crippen LogP contribution in [0.2, 0.25) is 0 Å². The highest BCUT2D eigenvalue weighted by Crippen LogP contribution is 2.45. The minimum absolute atomic E-state index is 0.286. The molecule has 0 unspecified atom stereocenters. The Hall–Kier alpha value is -1.41. The van der Waals surface area contributed by atoms with Gasteiger partial charge in [-0.3, -0.25) is 4.68 Å². The van der Waals surface area contributed by atoms with Crippen molar-refractivity contribution < 1.29 is 31.1 Å². The van der Waals surface area contributed by atoms with E-state index in [1.807, 2.05) is 0 Å². The van der Waals surface area contributed by atoms with Gasteiger partial charge in [0, 0.05) is 0 Å². The molecule has 0 spiro atoms. The average Bonchev–Trinajstić information content (AvgIpc) is 2.53. The third-order valence-corrected chi connectivity index (χ3v) is 2.22. The predicted octanol–water partition coefficient (Wildman–Crippen LogP) is 3.68. The van der Waals surface area contributed by atoms with Crippen LogP contribution in [0.4, 0.5) is 26.3 Å². The second-order valence-electron chi connectivity index (χ2n) is 4.81. The Balaban J connectivity index is 3.71. The third kappa shape index (κ3) is 2.95. The molecule has 3 nitrogen and oxygen atoms in total. The molecule has 0 fully saturated rings. The number of aromatic nitrogens is 2. The smallest absolute Gasteiger partial charge is 0.438 e. The number of hydrogen-bond acceptors (Lipinski definition) is 2. The molecule has 19 heavy (non-hydrogen) atoms. The van der Waals surface area contributed by atoms with Crippen LogP contribution in [0.5, 0.6) is 5.75 Å². The summed E-state index contributed by atoms with van der Waals surface area (Å²) in [5.74, 6) is -1.31. The summed E-state index contributed by atoms with van der Waals surface area (Å²) in [7, 11) is 0.745. The molecular weight excluding hydrogens is 278 g/mol. The van der Waals surface area contributed by atoms with Gasteiger partial charge in [0.15, 0.2) is 11.4 Å². The molecule has 0 atom stereocenters. The fraction of sp³-hybridized carbons (Fsp3) is 0.700. The van der Waals surface area contributed by atoms with E-state index in [1.165, 1.54) is 20.8 Å². The molecule has 1 aromatic heterocycles. The van der Waals surface area contributed by atoms with Crippen molar-refractivity contribution in [1.29, 1.82) is 0 Å². The minimum Gasteiger partial charge on any atom is -0.492 e. The quantitative estimate of drug-likeness (QED) is 0.738. The fourth-order valence-corrected chi connectivity index (χ4v) is 1.52. The molecule has 110 valence electrons. The van der Waals surface area contributed by atoms with Crippen molar-refractivity contribution in [2.24, 2.45) is 0 Å². The van der Waals surface area contributed by atoms with Crippen LogP contribution in [0, 0.1) is 0 Å². The lowest BCUT2D eigenvalue weighted by Gasteiger charge is -2.23. The molecule has 0 saturated carbocycles. The average molecular weight is 290 g/mol. The van der Waals surface area contributed by atoms with Crippen LogP contribution in [0.25, 0.3) is 0 Å². The summed E-state index contributed by atoms with van der Waals surface area (Å²) in [4.78, 5) is 0. The van der Waals surface area contributed by atoms with Crippen molar-refractivity contribution in [1.82, 2.24) is 9.78 Å². The molecule has 0 N–H and O–H groups in total. The number of halogens is 6. The van der Waals surface area contributed by atoms with E-state index >= 15 is 0 Å². The van der Waals surface area contributed by atoms with Crippen molar-refractivity contribution >= 4 is 0 Å². The number of nitrogens with zero attached hydrogens (tertiary/aromatic N) is 2. The first-order valence-corrected chi connectivity index (χ1v) is 5.12. The number of methoxy groups -OCH3 is 1. The summed E-state index contributed by atoms with van der Waals surface area (Å²) in [5.41, 5.74) is -4.51. The molecule has 1 rings (SSSR count). The zero-order chi connectivity index (χ0) is 15.2. The van der Waals surface area contributed by atoms with Crippen molar-refractivity contribution in [3.05, 3.63) is 11.4 Å². The second kappa shape index (κ2) is 4.31. The van der Waals surface area contributed by atoms with E-state index < -0.39 is 35.0 Å². The van der Waals surface area contributed by atoms with E-state index in [4.69, 9.17) is 0 Å². The summed E-state index contributed by atoms with van der Waals surface area (Å²) in [6, 6.07) is 0. The van der Waals surface area contributed by atoms with Gasteiger partial charge in [0.1, 0.15) is 0 Å². The van der Waals surface area contributed by atoms with Gasteiger partial charge >= 0.3 is 12.4 Å². The van der Waals surface area contributed by atoms with Gasteiger partial charge in [0.25, 0.3) is 0 Å². The van der Waals surface area contributed by atoms with Gasteiger partial charge in [0.2, 0.25) is 5.69 Å². The summed E-state index contributed by atoms with van der Waals surface area (Å²) in [6.45, 7) is 3.94. The normalized spacial score (nSPS) is 13.8. The molecule has 0 aromatic carbocycles. The highest BCUT2D eigenvalue weighted by Gasteiger charge is 2.49. The van der Waals surface area contributed by atoms with Crippen LogP contribution in [0.1, 0.15) is 32.2 Å². The highest BCUT2D eigenvalue weighted by atomic mass is 19.4. The van der Waals surface area contributed by atoms with E-state index in [-0.39, 0.29) is 4.68 Å². The molecule has 1 aromatic rings. The van der Waals surface area contributed by atoms with Gasteiger partial charge in [-0.15, -0.1) is 0 Å². The van der Waals surface area contributed by atoms with Crippen LogP contribution in [-0.2, 0) is 17.9 Å². The molecule has 0 bridgehead atoms. The zero-order valence-electron chi connectivity index (χ0n) is 10.6. The van der Waals surface area contributed by atoms with Crippen LogP contribution >= 0.6 is 0 Å². The van der Waals surface area contributed by atoms with Gasteiger partial charge in [-0.05, 0) is 20.8 Å². The first-order valence-electron chi connectivity index (χ1n) is 5.12. The van der Waals surface area contributed by atoms with Crippen molar-refractivity contribution in [2.75, 3.05) is 7.11 Å². The Bertz CT molecular complexity index is 466. The van der Waals surface area contributed by atoms with Crippen molar-refractivity contribution in [2.45, 2.75) is 38.7 Å². The molecule has 0 amide bonds. The number of hydrogen-bond donors (Lipinski definition) is 0. The minimum atomic E-state index is -5.03. The molecule has 0 aliphatic carbocycles. The SMILES string of the molecule is COc1c(C(F)(F)F)nn(C(C)(C)C)c1C(F)(F)F. The Morgan fingerprint density at radius 1 is 0.947 bits per heavy atom. The van der Waals surface area contributed by atoms with Gasteiger partial charge < -0.3 is 4.74 Å².